The highest BCUT2D eigenvalue weighted by Crippen LogP contribution is 2.29. The number of furan rings is 1. The van der Waals surface area contributed by atoms with Gasteiger partial charge in [-0.2, -0.15) is 16.1 Å². The van der Waals surface area contributed by atoms with Gasteiger partial charge in [-0.1, -0.05) is 0 Å². The summed E-state index contributed by atoms with van der Waals surface area (Å²) in [6.07, 6.45) is 0.887. The Morgan fingerprint density at radius 3 is 2.68 bits per heavy atom. The monoisotopic (exact) mass is 304 g/mol. The topological polar surface area (TPSA) is 76.5 Å². The van der Waals surface area contributed by atoms with Crippen molar-refractivity contribution < 1.29 is 12.8 Å². The molecule has 1 aromatic rings. The average molecular weight is 304 g/mol. The molecule has 1 aromatic heterocycles. The number of hydrogen-bond donors (Lipinski definition) is 1. The second-order valence-electron chi connectivity index (χ2n) is 4.60. The van der Waals surface area contributed by atoms with Crippen LogP contribution in [0.3, 0.4) is 0 Å². The molecule has 1 saturated heterocycles. The lowest BCUT2D eigenvalue weighted by atomic mass is 10.2. The third-order valence-corrected chi connectivity index (χ3v) is 6.45. The van der Waals surface area contributed by atoms with Crippen LogP contribution in [0.2, 0.25) is 0 Å². The zero-order valence-corrected chi connectivity index (χ0v) is 12.9. The van der Waals surface area contributed by atoms with Gasteiger partial charge in [0, 0.05) is 31.0 Å². The van der Waals surface area contributed by atoms with E-state index >= 15 is 0 Å². The molecule has 7 heteroatoms. The largest absolute Gasteiger partial charge is 0.465 e. The van der Waals surface area contributed by atoms with Crippen molar-refractivity contribution in [2.24, 2.45) is 5.73 Å². The number of sulfonamides is 1. The van der Waals surface area contributed by atoms with Crippen LogP contribution in [0.1, 0.15) is 23.5 Å². The smallest absolute Gasteiger partial charge is 0.246 e. The van der Waals surface area contributed by atoms with Crippen molar-refractivity contribution in [3.63, 3.8) is 0 Å². The van der Waals surface area contributed by atoms with E-state index in [1.807, 2.05) is 0 Å². The van der Waals surface area contributed by atoms with Gasteiger partial charge in [0.15, 0.2) is 0 Å². The molecule has 5 nitrogen and oxygen atoms in total. The summed E-state index contributed by atoms with van der Waals surface area (Å²) >= 11 is 1.80. The highest BCUT2D eigenvalue weighted by atomic mass is 32.2. The molecule has 1 aliphatic heterocycles. The molecule has 19 heavy (non-hydrogen) atoms. The number of rotatable bonds is 3. The molecule has 2 N–H and O–H groups in total. The van der Waals surface area contributed by atoms with E-state index < -0.39 is 10.0 Å². The van der Waals surface area contributed by atoms with E-state index in [1.165, 1.54) is 0 Å². The van der Waals surface area contributed by atoms with Gasteiger partial charge in [0.1, 0.15) is 16.4 Å². The number of thioether (sulfide) groups is 1. The maximum atomic E-state index is 12.8. The first-order chi connectivity index (χ1) is 8.98. The van der Waals surface area contributed by atoms with Gasteiger partial charge < -0.3 is 10.2 Å². The Hall–Kier alpha value is -0.500. The normalized spacial score (nSPS) is 18.5. The summed E-state index contributed by atoms with van der Waals surface area (Å²) < 4.78 is 32.5. The summed E-state index contributed by atoms with van der Waals surface area (Å²) in [5.41, 5.74) is 6.28. The summed E-state index contributed by atoms with van der Waals surface area (Å²) in [5, 5.41) is 0. The van der Waals surface area contributed by atoms with E-state index in [0.717, 1.165) is 17.9 Å². The summed E-state index contributed by atoms with van der Waals surface area (Å²) in [6.45, 7) is 4.75. The van der Waals surface area contributed by atoms with E-state index in [1.54, 1.807) is 29.9 Å². The van der Waals surface area contributed by atoms with E-state index in [4.69, 9.17) is 10.2 Å². The molecule has 1 aliphatic rings. The second kappa shape index (κ2) is 5.87. The lowest BCUT2D eigenvalue weighted by molar-refractivity contribution is 0.431. The Bertz CT molecular complexity index is 544. The second-order valence-corrected chi connectivity index (χ2v) is 7.70. The first-order valence-corrected chi connectivity index (χ1v) is 8.94. The van der Waals surface area contributed by atoms with Crippen molar-refractivity contribution in [2.45, 2.75) is 31.7 Å². The molecule has 0 atom stereocenters. The maximum Gasteiger partial charge on any atom is 0.246 e. The van der Waals surface area contributed by atoms with Crippen LogP contribution in [-0.2, 0) is 16.6 Å². The van der Waals surface area contributed by atoms with Gasteiger partial charge in [0.05, 0.1) is 0 Å². The van der Waals surface area contributed by atoms with Crippen molar-refractivity contribution in [1.29, 1.82) is 0 Å². The average Bonchev–Trinajstić information content (AvgIpc) is 2.58. The number of hydrogen-bond acceptors (Lipinski definition) is 5. The van der Waals surface area contributed by atoms with Gasteiger partial charge in [-0.05, 0) is 26.0 Å². The van der Waals surface area contributed by atoms with Crippen molar-refractivity contribution in [3.05, 3.63) is 17.1 Å². The molecule has 0 unspecified atom stereocenters. The predicted molar refractivity (Wildman–Crippen MR) is 76.8 cm³/mol. The van der Waals surface area contributed by atoms with Crippen LogP contribution in [0.25, 0.3) is 0 Å². The molecule has 108 valence electrons. The molecular formula is C12H20N2O3S2. The summed E-state index contributed by atoms with van der Waals surface area (Å²) in [4.78, 5) is 0.277. The van der Waals surface area contributed by atoms with E-state index in [0.29, 0.717) is 30.2 Å². The van der Waals surface area contributed by atoms with Crippen molar-refractivity contribution in [1.82, 2.24) is 4.31 Å². The minimum absolute atomic E-state index is 0.181. The Kier molecular flexibility index (Phi) is 4.60. The molecule has 2 rings (SSSR count). The Morgan fingerprint density at radius 1 is 1.26 bits per heavy atom. The van der Waals surface area contributed by atoms with Gasteiger partial charge in [-0.15, -0.1) is 0 Å². The van der Waals surface area contributed by atoms with Crippen LogP contribution in [0.5, 0.6) is 0 Å². The highest BCUT2D eigenvalue weighted by Gasteiger charge is 2.32. The minimum Gasteiger partial charge on any atom is -0.465 e. The summed E-state index contributed by atoms with van der Waals surface area (Å²) in [6, 6.07) is 0. The molecule has 0 spiro atoms. The SMILES string of the molecule is Cc1oc(C)c(S(=O)(=O)N2CCCSCC2)c1CN. The van der Waals surface area contributed by atoms with E-state index in [9.17, 15) is 8.42 Å². The van der Waals surface area contributed by atoms with E-state index in [-0.39, 0.29) is 11.4 Å². The van der Waals surface area contributed by atoms with E-state index in [2.05, 4.69) is 0 Å². The van der Waals surface area contributed by atoms with Crippen molar-refractivity contribution in [2.75, 3.05) is 24.6 Å². The molecule has 0 aliphatic carbocycles. The molecule has 0 saturated carbocycles. The lowest BCUT2D eigenvalue weighted by Gasteiger charge is -2.20. The molecule has 1 fully saturated rings. The molecule has 2 heterocycles. The third-order valence-electron chi connectivity index (χ3n) is 3.31. The molecule has 0 radical (unpaired) electrons. The fourth-order valence-electron chi connectivity index (χ4n) is 2.38. The maximum absolute atomic E-state index is 12.8. The van der Waals surface area contributed by atoms with Crippen LogP contribution < -0.4 is 5.73 Å². The van der Waals surface area contributed by atoms with Gasteiger partial charge in [-0.25, -0.2) is 8.42 Å². The zero-order chi connectivity index (χ0) is 14.0. The molecular weight excluding hydrogens is 284 g/mol. The lowest BCUT2D eigenvalue weighted by Crippen LogP contribution is -2.33. The number of nitrogens with zero attached hydrogens (tertiary/aromatic N) is 1. The Balaban J connectivity index is 2.43. The van der Waals surface area contributed by atoms with Crippen LogP contribution >= 0.6 is 11.8 Å². The highest BCUT2D eigenvalue weighted by molar-refractivity contribution is 7.99. The third kappa shape index (κ3) is 2.84. The first-order valence-electron chi connectivity index (χ1n) is 6.35. The van der Waals surface area contributed by atoms with Crippen molar-refractivity contribution >= 4 is 21.8 Å². The fraction of sp³-hybridized carbons (Fsp3) is 0.667. The summed E-state index contributed by atoms with van der Waals surface area (Å²) in [7, 11) is -3.49. The number of aryl methyl sites for hydroxylation is 2. The predicted octanol–water partition coefficient (Wildman–Crippen LogP) is 1.48. The van der Waals surface area contributed by atoms with Gasteiger partial charge >= 0.3 is 0 Å². The Labute approximate surface area is 118 Å². The van der Waals surface area contributed by atoms with Crippen LogP contribution in [0.4, 0.5) is 0 Å². The quantitative estimate of drug-likeness (QED) is 0.915. The zero-order valence-electron chi connectivity index (χ0n) is 11.3. The Morgan fingerprint density at radius 2 is 2.00 bits per heavy atom. The van der Waals surface area contributed by atoms with Crippen LogP contribution in [-0.4, -0.2) is 37.3 Å². The van der Waals surface area contributed by atoms with Crippen molar-refractivity contribution in [3.8, 4) is 0 Å². The fourth-order valence-corrected chi connectivity index (χ4v) is 5.28. The molecule has 0 aromatic carbocycles. The van der Waals surface area contributed by atoms with Gasteiger partial charge in [0.25, 0.3) is 0 Å². The number of nitrogens with two attached hydrogens (primary N) is 1. The van der Waals surface area contributed by atoms with Crippen LogP contribution in [0.15, 0.2) is 9.31 Å². The summed E-state index contributed by atoms with van der Waals surface area (Å²) in [5.74, 6) is 2.89. The molecule has 0 amide bonds. The first kappa shape index (κ1) is 14.9. The standard InChI is InChI=1S/C12H20N2O3S2/c1-9-11(8-13)12(10(2)17-9)19(15,16)14-4-3-6-18-7-5-14/h3-8,13H2,1-2H3. The minimum atomic E-state index is -3.49. The molecule has 0 bridgehead atoms. The van der Waals surface area contributed by atoms with Gasteiger partial charge in [-0.3, -0.25) is 0 Å². The van der Waals surface area contributed by atoms with Gasteiger partial charge in [0.2, 0.25) is 10.0 Å². The van der Waals surface area contributed by atoms with Crippen LogP contribution in [0, 0.1) is 13.8 Å².